The first-order valence-corrected chi connectivity index (χ1v) is 11.9. The van der Waals surface area contributed by atoms with Gasteiger partial charge < -0.3 is 16.0 Å². The third kappa shape index (κ3) is 6.60. The quantitative estimate of drug-likeness (QED) is 0.416. The highest BCUT2D eigenvalue weighted by molar-refractivity contribution is 5.89. The second kappa shape index (κ2) is 11.7. The number of nitrogens with one attached hydrogen (secondary N) is 3. The van der Waals surface area contributed by atoms with Crippen LogP contribution in [-0.4, -0.2) is 45.4 Å². The number of urea groups is 1. The molecule has 1 saturated carbocycles. The summed E-state index contributed by atoms with van der Waals surface area (Å²) in [6, 6.07) is 14.4. The molecule has 3 aromatic rings. The summed E-state index contributed by atoms with van der Waals surface area (Å²) < 4.78 is 14.6. The highest BCUT2D eigenvalue weighted by Crippen LogP contribution is 2.24. The summed E-state index contributed by atoms with van der Waals surface area (Å²) in [5, 5.41) is 21.2. The van der Waals surface area contributed by atoms with Gasteiger partial charge in [-0.2, -0.15) is 0 Å². The van der Waals surface area contributed by atoms with Gasteiger partial charge in [-0.1, -0.05) is 37.1 Å². The van der Waals surface area contributed by atoms with Gasteiger partial charge in [0.05, 0.1) is 0 Å². The molecule has 1 fully saturated rings. The van der Waals surface area contributed by atoms with Crippen molar-refractivity contribution in [3.63, 3.8) is 0 Å². The van der Waals surface area contributed by atoms with Gasteiger partial charge in [-0.3, -0.25) is 0 Å². The Morgan fingerprint density at radius 2 is 1.97 bits per heavy atom. The van der Waals surface area contributed by atoms with Crippen LogP contribution in [0.2, 0.25) is 0 Å². The van der Waals surface area contributed by atoms with E-state index in [1.54, 1.807) is 11.7 Å². The van der Waals surface area contributed by atoms with Gasteiger partial charge in [-0.15, -0.1) is 5.10 Å². The molecule has 2 amide bonds. The Hall–Kier alpha value is -3.33. The van der Waals surface area contributed by atoms with Gasteiger partial charge in [-0.05, 0) is 78.4 Å². The fourth-order valence-corrected chi connectivity index (χ4v) is 4.56. The number of hydrogen-bond donors (Lipinski definition) is 3. The number of aromatic nitrogens is 4. The van der Waals surface area contributed by atoms with Gasteiger partial charge in [0.25, 0.3) is 0 Å². The van der Waals surface area contributed by atoms with Crippen LogP contribution in [0.15, 0.2) is 48.5 Å². The number of nitrogens with zero attached hydrogens (tertiary/aromatic N) is 4. The molecule has 0 spiro atoms. The minimum absolute atomic E-state index is 0.195. The maximum absolute atomic E-state index is 13.0. The number of anilines is 1. The average Bonchev–Trinajstić information content (AvgIpc) is 3.28. The lowest BCUT2D eigenvalue weighted by Crippen LogP contribution is -2.45. The topological polar surface area (TPSA) is 96.8 Å². The summed E-state index contributed by atoms with van der Waals surface area (Å²) in [7, 11) is 1.78. The summed E-state index contributed by atoms with van der Waals surface area (Å²) in [6.07, 6.45) is 6.55. The molecule has 0 aliphatic heterocycles. The van der Waals surface area contributed by atoms with Crippen LogP contribution in [0.1, 0.15) is 37.7 Å². The van der Waals surface area contributed by atoms with Crippen LogP contribution >= 0.6 is 0 Å². The van der Waals surface area contributed by atoms with E-state index in [1.165, 1.54) is 25.0 Å². The Kier molecular flexibility index (Phi) is 8.19. The predicted molar refractivity (Wildman–Crippen MR) is 130 cm³/mol. The van der Waals surface area contributed by atoms with E-state index in [2.05, 4.69) is 31.5 Å². The second-order valence-corrected chi connectivity index (χ2v) is 8.88. The van der Waals surface area contributed by atoms with Crippen molar-refractivity contribution in [2.24, 2.45) is 13.0 Å². The van der Waals surface area contributed by atoms with Gasteiger partial charge in [0.1, 0.15) is 5.82 Å². The molecule has 1 aliphatic carbocycles. The number of benzene rings is 2. The first kappa shape index (κ1) is 23.8. The molecule has 4 rings (SSSR count). The Morgan fingerprint density at radius 1 is 1.15 bits per heavy atom. The van der Waals surface area contributed by atoms with E-state index in [1.807, 2.05) is 36.4 Å². The Morgan fingerprint density at radius 3 is 2.76 bits per heavy atom. The summed E-state index contributed by atoms with van der Waals surface area (Å²) in [5.41, 5.74) is 2.68. The molecule has 0 radical (unpaired) electrons. The molecule has 9 heteroatoms. The number of halogens is 1. The normalized spacial score (nSPS) is 17.9. The fourth-order valence-electron chi connectivity index (χ4n) is 4.56. The fraction of sp³-hybridized carbons (Fsp3) is 0.440. The van der Waals surface area contributed by atoms with Gasteiger partial charge in [0, 0.05) is 30.9 Å². The molecule has 1 heterocycles. The number of rotatable bonds is 9. The molecule has 8 nitrogen and oxygen atoms in total. The Labute approximate surface area is 199 Å². The van der Waals surface area contributed by atoms with Crippen molar-refractivity contribution in [3.05, 3.63) is 59.9 Å². The van der Waals surface area contributed by atoms with Crippen molar-refractivity contribution >= 4 is 11.7 Å². The van der Waals surface area contributed by atoms with Gasteiger partial charge in [0.15, 0.2) is 5.82 Å². The predicted octanol–water partition coefficient (Wildman–Crippen LogP) is 3.92. The molecular formula is C25H32FN7O. The zero-order valence-electron chi connectivity index (χ0n) is 19.5. The lowest BCUT2D eigenvalue weighted by atomic mass is 9.84. The highest BCUT2D eigenvalue weighted by Gasteiger charge is 2.25. The zero-order chi connectivity index (χ0) is 23.8. The van der Waals surface area contributed by atoms with E-state index in [4.69, 9.17) is 0 Å². The van der Waals surface area contributed by atoms with Gasteiger partial charge in [-0.25, -0.2) is 13.9 Å². The average molecular weight is 466 g/mol. The van der Waals surface area contributed by atoms with E-state index in [-0.39, 0.29) is 11.8 Å². The van der Waals surface area contributed by atoms with Crippen LogP contribution in [0.5, 0.6) is 0 Å². The van der Waals surface area contributed by atoms with Crippen LogP contribution in [0.4, 0.5) is 14.9 Å². The largest absolute Gasteiger partial charge is 0.338 e. The SMILES string of the molecule is Cn1nnnc1-c1cccc(NC(=O)NCC2CCCC[C@H]2NCCCc2ccc(F)cc2)c1. The summed E-state index contributed by atoms with van der Waals surface area (Å²) in [5.74, 6) is 0.847. The van der Waals surface area contributed by atoms with Crippen molar-refractivity contribution in [1.82, 2.24) is 30.8 Å². The molecule has 0 saturated heterocycles. The van der Waals surface area contributed by atoms with Gasteiger partial charge >= 0.3 is 6.03 Å². The molecule has 3 N–H and O–H groups in total. The van der Waals surface area contributed by atoms with E-state index >= 15 is 0 Å². The standard InChI is InChI=1S/C25H32FN7O/c1-33-24(30-31-32-33)19-8-4-9-22(16-19)29-25(34)28-17-20-7-2-3-10-23(20)27-15-5-6-18-11-13-21(26)14-12-18/h4,8-9,11-14,16,20,23,27H,2-3,5-7,10,15,17H2,1H3,(H2,28,29,34)/t20?,23-/m1/s1. The number of tetrazole rings is 1. The van der Waals surface area contributed by atoms with Crippen LogP contribution in [0.25, 0.3) is 11.4 Å². The molecule has 1 aliphatic rings. The van der Waals surface area contributed by atoms with Crippen LogP contribution in [0.3, 0.4) is 0 Å². The van der Waals surface area contributed by atoms with Crippen molar-refractivity contribution in [2.75, 3.05) is 18.4 Å². The smallest absolute Gasteiger partial charge is 0.319 e. The molecule has 0 bridgehead atoms. The van der Waals surface area contributed by atoms with E-state index < -0.39 is 0 Å². The van der Waals surface area contributed by atoms with Gasteiger partial charge in [0.2, 0.25) is 0 Å². The van der Waals surface area contributed by atoms with Crippen LogP contribution in [-0.2, 0) is 13.5 Å². The number of carbonyl (C=O) groups is 1. The van der Waals surface area contributed by atoms with Crippen molar-refractivity contribution < 1.29 is 9.18 Å². The van der Waals surface area contributed by atoms with E-state index in [0.29, 0.717) is 30.0 Å². The number of carbonyl (C=O) groups excluding carboxylic acids is 1. The zero-order valence-corrected chi connectivity index (χ0v) is 19.5. The molecule has 34 heavy (non-hydrogen) atoms. The molecule has 2 atom stereocenters. The first-order chi connectivity index (χ1) is 16.6. The summed E-state index contributed by atoms with van der Waals surface area (Å²) in [4.78, 5) is 12.6. The van der Waals surface area contributed by atoms with Crippen LogP contribution < -0.4 is 16.0 Å². The van der Waals surface area contributed by atoms with Crippen LogP contribution in [0, 0.1) is 11.7 Å². The molecule has 2 aromatic carbocycles. The highest BCUT2D eigenvalue weighted by atomic mass is 19.1. The van der Waals surface area contributed by atoms with E-state index in [9.17, 15) is 9.18 Å². The lowest BCUT2D eigenvalue weighted by Gasteiger charge is -2.32. The number of amides is 2. The van der Waals surface area contributed by atoms with Crippen molar-refractivity contribution in [1.29, 1.82) is 0 Å². The maximum atomic E-state index is 13.0. The maximum Gasteiger partial charge on any atom is 0.319 e. The molecule has 1 aromatic heterocycles. The molecule has 1 unspecified atom stereocenters. The Balaban J connectivity index is 1.22. The minimum atomic E-state index is -0.214. The lowest BCUT2D eigenvalue weighted by molar-refractivity contribution is 0.235. The van der Waals surface area contributed by atoms with Crippen molar-refractivity contribution in [3.8, 4) is 11.4 Å². The minimum Gasteiger partial charge on any atom is -0.338 e. The molecular weight excluding hydrogens is 433 g/mol. The number of hydrogen-bond acceptors (Lipinski definition) is 5. The summed E-state index contributed by atoms with van der Waals surface area (Å²) >= 11 is 0. The third-order valence-corrected chi connectivity index (χ3v) is 6.39. The summed E-state index contributed by atoms with van der Waals surface area (Å²) in [6.45, 7) is 1.54. The first-order valence-electron chi connectivity index (χ1n) is 11.9. The van der Waals surface area contributed by atoms with Crippen molar-refractivity contribution in [2.45, 2.75) is 44.6 Å². The van der Waals surface area contributed by atoms with E-state index in [0.717, 1.165) is 43.4 Å². The number of aryl methyl sites for hydroxylation is 2. The monoisotopic (exact) mass is 465 g/mol. The third-order valence-electron chi connectivity index (χ3n) is 6.39. The molecule has 180 valence electrons. The second-order valence-electron chi connectivity index (χ2n) is 8.88. The Bertz CT molecular complexity index is 1070.